The standard InChI is InChI=1S/C19H20F2N2O4S/c1-12-3-2-8-23(11-12)17-7-4-13(19(24)25)9-16(17)22-28(26,27)18-10-14(20)5-6-15(18)21/h4-7,9-10,12,22H,2-3,8,11H2,1H3,(H,24,25)/t12-/m1/s1. The van der Waals surface area contributed by atoms with Crippen LogP contribution in [0.5, 0.6) is 0 Å². The molecule has 6 nitrogen and oxygen atoms in total. The predicted octanol–water partition coefficient (Wildman–Crippen LogP) is 3.70. The monoisotopic (exact) mass is 410 g/mol. The fourth-order valence-corrected chi connectivity index (χ4v) is 4.47. The molecule has 0 bridgehead atoms. The largest absolute Gasteiger partial charge is 0.478 e. The highest BCUT2D eigenvalue weighted by Gasteiger charge is 2.25. The summed E-state index contributed by atoms with van der Waals surface area (Å²) in [6.45, 7) is 3.43. The maximum absolute atomic E-state index is 14.0. The third-order valence-electron chi connectivity index (χ3n) is 4.67. The Labute approximate surface area is 161 Å². The Hall–Kier alpha value is -2.68. The van der Waals surface area contributed by atoms with Crippen molar-refractivity contribution in [1.82, 2.24) is 0 Å². The van der Waals surface area contributed by atoms with Gasteiger partial charge in [0.2, 0.25) is 0 Å². The van der Waals surface area contributed by atoms with Crippen molar-refractivity contribution in [2.24, 2.45) is 5.92 Å². The number of carboxylic acids is 1. The van der Waals surface area contributed by atoms with Crippen LogP contribution in [0.25, 0.3) is 0 Å². The normalized spacial score (nSPS) is 17.4. The van der Waals surface area contributed by atoms with E-state index in [1.165, 1.54) is 18.2 Å². The number of anilines is 2. The summed E-state index contributed by atoms with van der Waals surface area (Å²) in [6, 6.07) is 6.23. The van der Waals surface area contributed by atoms with Gasteiger partial charge in [0.15, 0.2) is 0 Å². The van der Waals surface area contributed by atoms with Gasteiger partial charge in [-0.2, -0.15) is 0 Å². The molecule has 9 heteroatoms. The number of rotatable bonds is 5. The summed E-state index contributed by atoms with van der Waals surface area (Å²) in [7, 11) is -4.47. The van der Waals surface area contributed by atoms with Crippen LogP contribution in [0, 0.1) is 17.6 Å². The van der Waals surface area contributed by atoms with Crippen LogP contribution in [0.2, 0.25) is 0 Å². The van der Waals surface area contributed by atoms with Crippen molar-refractivity contribution in [3.8, 4) is 0 Å². The molecule has 2 aromatic rings. The van der Waals surface area contributed by atoms with E-state index >= 15 is 0 Å². The Balaban J connectivity index is 2.04. The second-order valence-electron chi connectivity index (χ2n) is 6.91. The minimum absolute atomic E-state index is 0.0117. The fourth-order valence-electron chi connectivity index (χ4n) is 3.32. The molecule has 1 atom stereocenters. The zero-order chi connectivity index (χ0) is 20.5. The predicted molar refractivity (Wildman–Crippen MR) is 101 cm³/mol. The Morgan fingerprint density at radius 1 is 1.21 bits per heavy atom. The molecule has 0 aliphatic carbocycles. The number of hydrogen-bond acceptors (Lipinski definition) is 4. The molecule has 3 rings (SSSR count). The lowest BCUT2D eigenvalue weighted by molar-refractivity contribution is 0.0697. The molecule has 0 aromatic heterocycles. The number of halogens is 2. The average Bonchev–Trinajstić information content (AvgIpc) is 2.63. The Morgan fingerprint density at radius 3 is 2.64 bits per heavy atom. The number of hydrogen-bond donors (Lipinski definition) is 2. The van der Waals surface area contributed by atoms with Crippen LogP contribution >= 0.6 is 0 Å². The molecule has 28 heavy (non-hydrogen) atoms. The number of aromatic carboxylic acids is 1. The fraction of sp³-hybridized carbons (Fsp3) is 0.316. The van der Waals surface area contributed by atoms with Gasteiger partial charge in [0.05, 0.1) is 16.9 Å². The first-order valence-electron chi connectivity index (χ1n) is 8.77. The number of carbonyl (C=O) groups is 1. The van der Waals surface area contributed by atoms with Gasteiger partial charge in [-0.1, -0.05) is 6.92 Å². The van der Waals surface area contributed by atoms with E-state index in [1.54, 1.807) is 0 Å². The third-order valence-corrected chi connectivity index (χ3v) is 6.05. The number of carboxylic acid groups (broad SMARTS) is 1. The minimum atomic E-state index is -4.47. The zero-order valence-corrected chi connectivity index (χ0v) is 16.0. The maximum Gasteiger partial charge on any atom is 0.335 e. The average molecular weight is 410 g/mol. The lowest BCUT2D eigenvalue weighted by atomic mass is 9.99. The van der Waals surface area contributed by atoms with Crippen LogP contribution < -0.4 is 9.62 Å². The molecular formula is C19H20F2N2O4S. The van der Waals surface area contributed by atoms with E-state index in [0.29, 0.717) is 30.8 Å². The Kier molecular flexibility index (Phi) is 5.55. The second-order valence-corrected chi connectivity index (χ2v) is 8.56. The summed E-state index contributed by atoms with van der Waals surface area (Å²) in [5, 5.41) is 9.25. The molecule has 1 saturated heterocycles. The van der Waals surface area contributed by atoms with Crippen molar-refractivity contribution >= 4 is 27.4 Å². The molecule has 0 radical (unpaired) electrons. The van der Waals surface area contributed by atoms with E-state index in [2.05, 4.69) is 11.6 Å². The number of nitrogens with zero attached hydrogens (tertiary/aromatic N) is 1. The Morgan fingerprint density at radius 2 is 1.96 bits per heavy atom. The summed E-state index contributed by atoms with van der Waals surface area (Å²) in [5.74, 6) is -2.84. The smallest absolute Gasteiger partial charge is 0.335 e. The van der Waals surface area contributed by atoms with Gasteiger partial charge in [0, 0.05) is 13.1 Å². The molecular weight excluding hydrogens is 390 g/mol. The van der Waals surface area contributed by atoms with Gasteiger partial charge in [0.25, 0.3) is 10.0 Å². The van der Waals surface area contributed by atoms with Gasteiger partial charge in [-0.05, 0) is 55.2 Å². The molecule has 2 N–H and O–H groups in total. The molecule has 0 spiro atoms. The Bertz CT molecular complexity index is 1010. The third kappa shape index (κ3) is 4.24. The second kappa shape index (κ2) is 7.75. The molecule has 0 amide bonds. The molecule has 0 saturated carbocycles. The lowest BCUT2D eigenvalue weighted by Crippen LogP contribution is -2.35. The molecule has 1 fully saturated rings. The van der Waals surface area contributed by atoms with Crippen LogP contribution in [0.4, 0.5) is 20.2 Å². The van der Waals surface area contributed by atoms with Crippen molar-refractivity contribution in [3.05, 3.63) is 53.6 Å². The molecule has 150 valence electrons. The minimum Gasteiger partial charge on any atom is -0.478 e. The highest BCUT2D eigenvalue weighted by atomic mass is 32.2. The highest BCUT2D eigenvalue weighted by Crippen LogP contribution is 2.33. The van der Waals surface area contributed by atoms with Gasteiger partial charge < -0.3 is 10.0 Å². The molecule has 1 heterocycles. The number of sulfonamides is 1. The van der Waals surface area contributed by atoms with Crippen LogP contribution in [0.1, 0.15) is 30.1 Å². The molecule has 1 aliphatic rings. The van der Waals surface area contributed by atoms with Gasteiger partial charge in [-0.25, -0.2) is 22.0 Å². The first kappa shape index (κ1) is 20.1. The zero-order valence-electron chi connectivity index (χ0n) is 15.2. The maximum atomic E-state index is 14.0. The van der Waals surface area contributed by atoms with E-state index in [1.807, 2.05) is 4.90 Å². The van der Waals surface area contributed by atoms with Crippen LogP contribution in [0.3, 0.4) is 0 Å². The number of benzene rings is 2. The van der Waals surface area contributed by atoms with Crippen molar-refractivity contribution in [2.75, 3.05) is 22.7 Å². The van der Waals surface area contributed by atoms with E-state index in [0.717, 1.165) is 25.0 Å². The van der Waals surface area contributed by atoms with Crippen LogP contribution in [-0.4, -0.2) is 32.6 Å². The van der Waals surface area contributed by atoms with Crippen molar-refractivity contribution in [3.63, 3.8) is 0 Å². The van der Waals surface area contributed by atoms with Gasteiger partial charge in [0.1, 0.15) is 16.5 Å². The molecule has 1 aliphatic heterocycles. The quantitative estimate of drug-likeness (QED) is 0.785. The number of piperidine rings is 1. The summed E-state index contributed by atoms with van der Waals surface area (Å²) in [5.41, 5.74) is 0.390. The van der Waals surface area contributed by atoms with Crippen LogP contribution in [-0.2, 0) is 10.0 Å². The molecule has 0 unspecified atom stereocenters. The van der Waals surface area contributed by atoms with E-state index in [9.17, 15) is 27.1 Å². The summed E-state index contributed by atoms with van der Waals surface area (Å²) in [4.78, 5) is 12.4. The van der Waals surface area contributed by atoms with Gasteiger partial charge in [-0.15, -0.1) is 0 Å². The van der Waals surface area contributed by atoms with Gasteiger partial charge in [-0.3, -0.25) is 4.72 Å². The highest BCUT2D eigenvalue weighted by molar-refractivity contribution is 7.92. The summed E-state index contributed by atoms with van der Waals surface area (Å²) >= 11 is 0. The first-order valence-corrected chi connectivity index (χ1v) is 10.3. The van der Waals surface area contributed by atoms with Crippen molar-refractivity contribution < 1.29 is 27.1 Å². The summed E-state index contributed by atoms with van der Waals surface area (Å²) in [6.07, 6.45) is 1.95. The first-order chi connectivity index (χ1) is 13.2. The van der Waals surface area contributed by atoms with E-state index in [-0.39, 0.29) is 11.3 Å². The summed E-state index contributed by atoms with van der Waals surface area (Å²) < 4.78 is 55.0. The van der Waals surface area contributed by atoms with Gasteiger partial charge >= 0.3 is 5.97 Å². The number of nitrogens with one attached hydrogen (secondary N) is 1. The lowest BCUT2D eigenvalue weighted by Gasteiger charge is -2.34. The van der Waals surface area contributed by atoms with Crippen LogP contribution in [0.15, 0.2) is 41.3 Å². The SMILES string of the molecule is C[C@@H]1CCCN(c2ccc(C(=O)O)cc2NS(=O)(=O)c2cc(F)ccc2F)C1. The topological polar surface area (TPSA) is 86.7 Å². The molecule has 2 aromatic carbocycles. The van der Waals surface area contributed by atoms with Crippen molar-refractivity contribution in [2.45, 2.75) is 24.7 Å². The van der Waals surface area contributed by atoms with E-state index in [4.69, 9.17) is 0 Å². The van der Waals surface area contributed by atoms with Crippen molar-refractivity contribution in [1.29, 1.82) is 0 Å². The van der Waals surface area contributed by atoms with E-state index < -0.39 is 32.5 Å².